The second-order valence-electron chi connectivity index (χ2n) is 2.85. The molecule has 0 aliphatic rings. The van der Waals surface area contributed by atoms with Gasteiger partial charge in [0, 0.05) is 10.3 Å². The van der Waals surface area contributed by atoms with Crippen molar-refractivity contribution in [3.8, 4) is 5.75 Å². The first-order chi connectivity index (χ1) is 6.81. The molecular weight excluding hydrogens is 200 g/mol. The van der Waals surface area contributed by atoms with Crippen molar-refractivity contribution in [1.29, 1.82) is 0 Å². The SMILES string of the molecule is O=COCc1csc2cc(O)ccc12. The normalized spacial score (nSPS) is 10.3. The first-order valence-corrected chi connectivity index (χ1v) is 4.93. The molecule has 0 aliphatic carbocycles. The average Bonchev–Trinajstić information content (AvgIpc) is 2.57. The van der Waals surface area contributed by atoms with Crippen LogP contribution in [-0.4, -0.2) is 11.6 Å². The smallest absolute Gasteiger partial charge is 0.293 e. The van der Waals surface area contributed by atoms with Crippen LogP contribution in [0.15, 0.2) is 23.6 Å². The lowest BCUT2D eigenvalue weighted by Crippen LogP contribution is -1.87. The lowest BCUT2D eigenvalue weighted by Gasteiger charge is -1.97. The summed E-state index contributed by atoms with van der Waals surface area (Å²) in [6.07, 6.45) is 0. The summed E-state index contributed by atoms with van der Waals surface area (Å²) in [7, 11) is 0. The van der Waals surface area contributed by atoms with Gasteiger partial charge in [-0.15, -0.1) is 11.3 Å². The summed E-state index contributed by atoms with van der Waals surface area (Å²) in [5.74, 6) is 0.252. The molecule has 0 amide bonds. The van der Waals surface area contributed by atoms with E-state index < -0.39 is 0 Å². The number of phenols is 1. The standard InChI is InChI=1S/C10H8O3S/c11-6-13-4-7-5-14-10-3-8(12)1-2-9(7)10/h1-3,5-6,12H,4H2. The van der Waals surface area contributed by atoms with E-state index in [1.807, 2.05) is 11.4 Å². The van der Waals surface area contributed by atoms with Gasteiger partial charge in [0.25, 0.3) is 6.47 Å². The van der Waals surface area contributed by atoms with E-state index in [-0.39, 0.29) is 12.4 Å². The highest BCUT2D eigenvalue weighted by Gasteiger charge is 2.04. The van der Waals surface area contributed by atoms with Crippen LogP contribution in [0.1, 0.15) is 5.56 Å². The van der Waals surface area contributed by atoms with Crippen molar-refractivity contribution < 1.29 is 14.6 Å². The van der Waals surface area contributed by atoms with Crippen LogP contribution in [0.25, 0.3) is 10.1 Å². The number of phenolic OH excluding ortho intramolecular Hbond substituents is 1. The zero-order chi connectivity index (χ0) is 9.97. The van der Waals surface area contributed by atoms with Crippen LogP contribution in [0.5, 0.6) is 5.75 Å². The Hall–Kier alpha value is -1.55. The van der Waals surface area contributed by atoms with Crippen molar-refractivity contribution in [2.45, 2.75) is 6.61 Å². The molecule has 2 aromatic rings. The Bertz CT molecular complexity index is 461. The maximum Gasteiger partial charge on any atom is 0.293 e. The second-order valence-corrected chi connectivity index (χ2v) is 3.76. The zero-order valence-electron chi connectivity index (χ0n) is 7.27. The Labute approximate surface area is 84.6 Å². The molecule has 0 aliphatic heterocycles. The fourth-order valence-corrected chi connectivity index (χ4v) is 2.29. The van der Waals surface area contributed by atoms with E-state index in [1.165, 1.54) is 11.3 Å². The number of ether oxygens (including phenoxy) is 1. The Morgan fingerprint density at radius 3 is 3.14 bits per heavy atom. The maximum absolute atomic E-state index is 10.0. The number of rotatable bonds is 3. The molecule has 0 radical (unpaired) electrons. The highest BCUT2D eigenvalue weighted by atomic mass is 32.1. The quantitative estimate of drug-likeness (QED) is 0.787. The summed E-state index contributed by atoms with van der Waals surface area (Å²) in [6.45, 7) is 0.720. The molecule has 1 N–H and O–H groups in total. The fraction of sp³-hybridized carbons (Fsp3) is 0.100. The number of aromatic hydroxyl groups is 1. The zero-order valence-corrected chi connectivity index (χ0v) is 8.08. The first kappa shape index (κ1) is 9.02. The molecule has 2 rings (SSSR count). The molecule has 1 aromatic carbocycles. The van der Waals surface area contributed by atoms with E-state index in [4.69, 9.17) is 0 Å². The summed E-state index contributed by atoms with van der Waals surface area (Å²) in [4.78, 5) is 10.0. The molecule has 0 unspecified atom stereocenters. The minimum atomic E-state index is 0.252. The van der Waals surface area contributed by atoms with Gasteiger partial charge in [-0.25, -0.2) is 0 Å². The molecule has 14 heavy (non-hydrogen) atoms. The Morgan fingerprint density at radius 1 is 1.50 bits per heavy atom. The topological polar surface area (TPSA) is 46.5 Å². The highest BCUT2D eigenvalue weighted by Crippen LogP contribution is 2.29. The van der Waals surface area contributed by atoms with E-state index >= 15 is 0 Å². The third-order valence-corrected chi connectivity index (χ3v) is 2.94. The molecule has 0 saturated carbocycles. The Morgan fingerprint density at radius 2 is 2.36 bits per heavy atom. The highest BCUT2D eigenvalue weighted by molar-refractivity contribution is 7.17. The fourth-order valence-electron chi connectivity index (χ4n) is 1.31. The van der Waals surface area contributed by atoms with Crippen LogP contribution in [0.2, 0.25) is 0 Å². The second kappa shape index (κ2) is 3.67. The van der Waals surface area contributed by atoms with Gasteiger partial charge in [-0.2, -0.15) is 0 Å². The molecule has 4 heteroatoms. The van der Waals surface area contributed by atoms with Gasteiger partial charge in [0.1, 0.15) is 12.4 Å². The van der Waals surface area contributed by atoms with Gasteiger partial charge in [-0.1, -0.05) is 0 Å². The molecule has 0 bridgehead atoms. The number of hydrogen-bond donors (Lipinski definition) is 1. The molecular formula is C10H8O3S. The van der Waals surface area contributed by atoms with E-state index in [2.05, 4.69) is 4.74 Å². The molecule has 1 heterocycles. The molecule has 3 nitrogen and oxygen atoms in total. The van der Waals surface area contributed by atoms with Crippen molar-refractivity contribution in [3.05, 3.63) is 29.1 Å². The van der Waals surface area contributed by atoms with Gasteiger partial charge in [0.15, 0.2) is 0 Å². The number of carbonyl (C=O) groups excluding carboxylic acids is 1. The Kier molecular flexibility index (Phi) is 2.37. The van der Waals surface area contributed by atoms with E-state index in [1.54, 1.807) is 12.1 Å². The van der Waals surface area contributed by atoms with Gasteiger partial charge >= 0.3 is 0 Å². The van der Waals surface area contributed by atoms with Gasteiger partial charge in [-0.05, 0) is 29.0 Å². The molecule has 0 atom stereocenters. The summed E-state index contributed by atoms with van der Waals surface area (Å²) in [5.41, 5.74) is 0.970. The third kappa shape index (κ3) is 1.56. The summed E-state index contributed by atoms with van der Waals surface area (Å²) >= 11 is 1.52. The van der Waals surface area contributed by atoms with Gasteiger partial charge < -0.3 is 9.84 Å². The van der Waals surface area contributed by atoms with Crippen LogP contribution in [0, 0.1) is 0 Å². The summed E-state index contributed by atoms with van der Waals surface area (Å²) in [5, 5.41) is 12.2. The number of fused-ring (bicyclic) bond motifs is 1. The van der Waals surface area contributed by atoms with Crippen LogP contribution >= 0.6 is 11.3 Å². The van der Waals surface area contributed by atoms with Gasteiger partial charge in [0.2, 0.25) is 0 Å². The monoisotopic (exact) mass is 208 g/mol. The lowest BCUT2D eigenvalue weighted by molar-refractivity contribution is -0.129. The molecule has 0 saturated heterocycles. The number of benzene rings is 1. The summed E-state index contributed by atoms with van der Waals surface area (Å²) < 4.78 is 5.67. The predicted octanol–water partition coefficient (Wildman–Crippen LogP) is 2.28. The van der Waals surface area contributed by atoms with Gasteiger partial charge in [-0.3, -0.25) is 4.79 Å². The molecule has 1 aromatic heterocycles. The van der Waals surface area contributed by atoms with Crippen LogP contribution < -0.4 is 0 Å². The average molecular weight is 208 g/mol. The van der Waals surface area contributed by atoms with Crippen molar-refractivity contribution in [2.75, 3.05) is 0 Å². The minimum absolute atomic E-state index is 0.252. The molecule has 72 valence electrons. The number of thiophene rings is 1. The number of carbonyl (C=O) groups is 1. The van der Waals surface area contributed by atoms with Crippen LogP contribution in [-0.2, 0) is 16.1 Å². The maximum atomic E-state index is 10.0. The van der Waals surface area contributed by atoms with E-state index in [0.717, 1.165) is 15.6 Å². The van der Waals surface area contributed by atoms with Crippen LogP contribution in [0.4, 0.5) is 0 Å². The molecule has 0 fully saturated rings. The van der Waals surface area contributed by atoms with Crippen molar-refractivity contribution in [1.82, 2.24) is 0 Å². The number of hydrogen-bond acceptors (Lipinski definition) is 4. The lowest BCUT2D eigenvalue weighted by atomic mass is 10.2. The largest absolute Gasteiger partial charge is 0.508 e. The third-order valence-electron chi connectivity index (χ3n) is 1.95. The minimum Gasteiger partial charge on any atom is -0.508 e. The molecule has 0 spiro atoms. The first-order valence-electron chi connectivity index (χ1n) is 4.05. The van der Waals surface area contributed by atoms with E-state index in [0.29, 0.717) is 6.47 Å². The van der Waals surface area contributed by atoms with Gasteiger partial charge in [0.05, 0.1) is 0 Å². The summed E-state index contributed by atoms with van der Waals surface area (Å²) in [6, 6.07) is 5.15. The van der Waals surface area contributed by atoms with Crippen molar-refractivity contribution in [3.63, 3.8) is 0 Å². The van der Waals surface area contributed by atoms with Crippen molar-refractivity contribution in [2.24, 2.45) is 0 Å². The van der Waals surface area contributed by atoms with Crippen LogP contribution in [0.3, 0.4) is 0 Å². The predicted molar refractivity (Wildman–Crippen MR) is 54.3 cm³/mol. The van der Waals surface area contributed by atoms with Crippen molar-refractivity contribution >= 4 is 27.9 Å². The Balaban J connectivity index is 2.42. The van der Waals surface area contributed by atoms with E-state index in [9.17, 15) is 9.90 Å².